The van der Waals surface area contributed by atoms with Gasteiger partial charge in [-0.3, -0.25) is 0 Å². The molecule has 0 aromatic heterocycles. The molecule has 4 heteroatoms. The third kappa shape index (κ3) is 2.67. The van der Waals surface area contributed by atoms with E-state index >= 15 is 0 Å². The molecule has 94 valence electrons. The SMILES string of the molecule is Nc1cccc(Cl)c1NCC1(CO)CCCC1. The summed E-state index contributed by atoms with van der Waals surface area (Å²) in [5.74, 6) is 0. The first kappa shape index (κ1) is 12.5. The van der Waals surface area contributed by atoms with E-state index in [9.17, 15) is 5.11 Å². The van der Waals surface area contributed by atoms with E-state index in [0.29, 0.717) is 10.7 Å². The molecule has 1 aliphatic rings. The van der Waals surface area contributed by atoms with E-state index in [4.69, 9.17) is 17.3 Å². The maximum atomic E-state index is 9.53. The van der Waals surface area contributed by atoms with Gasteiger partial charge in [0.2, 0.25) is 0 Å². The lowest BCUT2D eigenvalue weighted by Gasteiger charge is -2.27. The molecule has 2 rings (SSSR count). The Morgan fingerprint density at radius 2 is 2.06 bits per heavy atom. The van der Waals surface area contributed by atoms with Gasteiger partial charge in [-0.1, -0.05) is 30.5 Å². The van der Waals surface area contributed by atoms with Crippen LogP contribution < -0.4 is 11.1 Å². The number of nitrogens with two attached hydrogens (primary N) is 1. The smallest absolute Gasteiger partial charge is 0.0763 e. The van der Waals surface area contributed by atoms with E-state index in [1.807, 2.05) is 18.2 Å². The minimum absolute atomic E-state index is 0.00557. The summed E-state index contributed by atoms with van der Waals surface area (Å²) in [7, 11) is 0. The van der Waals surface area contributed by atoms with Crippen LogP contribution in [-0.4, -0.2) is 18.3 Å². The van der Waals surface area contributed by atoms with Crippen molar-refractivity contribution in [3.05, 3.63) is 23.2 Å². The first-order chi connectivity index (χ1) is 8.17. The van der Waals surface area contributed by atoms with Crippen LogP contribution in [0.3, 0.4) is 0 Å². The number of hydrogen-bond acceptors (Lipinski definition) is 3. The maximum absolute atomic E-state index is 9.53. The summed E-state index contributed by atoms with van der Waals surface area (Å²) in [6, 6.07) is 5.48. The third-order valence-electron chi connectivity index (χ3n) is 3.69. The lowest BCUT2D eigenvalue weighted by atomic mass is 9.87. The van der Waals surface area contributed by atoms with Crippen LogP contribution in [0.2, 0.25) is 5.02 Å². The van der Waals surface area contributed by atoms with Gasteiger partial charge in [-0.2, -0.15) is 0 Å². The summed E-state index contributed by atoms with van der Waals surface area (Å²) in [6.07, 6.45) is 4.53. The second-order valence-electron chi connectivity index (χ2n) is 4.92. The fourth-order valence-corrected chi connectivity index (χ4v) is 2.77. The average molecular weight is 255 g/mol. The molecule has 0 spiro atoms. The topological polar surface area (TPSA) is 58.3 Å². The molecule has 1 aromatic carbocycles. The Morgan fingerprint density at radius 3 is 2.65 bits per heavy atom. The molecule has 4 N–H and O–H groups in total. The van der Waals surface area contributed by atoms with Crippen LogP contribution in [0.5, 0.6) is 0 Å². The highest BCUT2D eigenvalue weighted by atomic mass is 35.5. The highest BCUT2D eigenvalue weighted by Crippen LogP contribution is 2.38. The lowest BCUT2D eigenvalue weighted by molar-refractivity contribution is 0.142. The Hall–Kier alpha value is -0.930. The van der Waals surface area contributed by atoms with Gasteiger partial charge >= 0.3 is 0 Å². The van der Waals surface area contributed by atoms with E-state index in [2.05, 4.69) is 5.32 Å². The van der Waals surface area contributed by atoms with Crippen molar-refractivity contribution in [2.45, 2.75) is 25.7 Å². The van der Waals surface area contributed by atoms with Crippen molar-refractivity contribution in [2.75, 3.05) is 24.2 Å². The number of anilines is 2. The first-order valence-corrected chi connectivity index (χ1v) is 6.43. The van der Waals surface area contributed by atoms with Gasteiger partial charge in [0, 0.05) is 12.0 Å². The summed E-state index contributed by atoms with van der Waals surface area (Å²) in [5.41, 5.74) is 7.33. The Balaban J connectivity index is 2.06. The van der Waals surface area contributed by atoms with Crippen LogP contribution in [0.25, 0.3) is 0 Å². The highest BCUT2D eigenvalue weighted by Gasteiger charge is 2.33. The van der Waals surface area contributed by atoms with Gasteiger partial charge < -0.3 is 16.2 Å². The van der Waals surface area contributed by atoms with Crippen molar-refractivity contribution in [1.82, 2.24) is 0 Å². The number of aliphatic hydroxyl groups is 1. The van der Waals surface area contributed by atoms with Gasteiger partial charge in [0.05, 0.1) is 23.0 Å². The summed E-state index contributed by atoms with van der Waals surface area (Å²) in [5, 5.41) is 13.5. The largest absolute Gasteiger partial charge is 0.397 e. The number of benzene rings is 1. The van der Waals surface area contributed by atoms with Gasteiger partial charge in [0.15, 0.2) is 0 Å². The average Bonchev–Trinajstić information content (AvgIpc) is 2.78. The molecule has 17 heavy (non-hydrogen) atoms. The van der Waals surface area contributed by atoms with Gasteiger partial charge in [-0.15, -0.1) is 0 Å². The van der Waals surface area contributed by atoms with Crippen LogP contribution >= 0.6 is 11.6 Å². The number of halogens is 1. The quantitative estimate of drug-likeness (QED) is 0.724. The maximum Gasteiger partial charge on any atom is 0.0763 e. The zero-order valence-corrected chi connectivity index (χ0v) is 10.6. The van der Waals surface area contributed by atoms with E-state index in [1.165, 1.54) is 12.8 Å². The van der Waals surface area contributed by atoms with Crippen molar-refractivity contribution in [2.24, 2.45) is 5.41 Å². The zero-order valence-electron chi connectivity index (χ0n) is 9.88. The molecule has 0 amide bonds. The van der Waals surface area contributed by atoms with Crippen LogP contribution in [0.1, 0.15) is 25.7 Å². The minimum Gasteiger partial charge on any atom is -0.397 e. The van der Waals surface area contributed by atoms with E-state index in [-0.39, 0.29) is 12.0 Å². The summed E-state index contributed by atoms with van der Waals surface area (Å²) >= 11 is 6.10. The van der Waals surface area contributed by atoms with Crippen LogP contribution in [0.15, 0.2) is 18.2 Å². The summed E-state index contributed by atoms with van der Waals surface area (Å²) in [4.78, 5) is 0. The molecule has 0 heterocycles. The van der Waals surface area contributed by atoms with Crippen molar-refractivity contribution in [3.63, 3.8) is 0 Å². The predicted molar refractivity (Wildman–Crippen MR) is 72.3 cm³/mol. The Kier molecular flexibility index (Phi) is 3.79. The van der Waals surface area contributed by atoms with Crippen LogP contribution in [-0.2, 0) is 0 Å². The zero-order chi connectivity index (χ0) is 12.3. The lowest BCUT2D eigenvalue weighted by Crippen LogP contribution is -2.30. The molecule has 0 radical (unpaired) electrons. The highest BCUT2D eigenvalue weighted by molar-refractivity contribution is 6.33. The van der Waals surface area contributed by atoms with E-state index < -0.39 is 0 Å². The Bertz CT molecular complexity index is 369. The molecule has 0 saturated heterocycles. The molecule has 1 aliphatic carbocycles. The van der Waals surface area contributed by atoms with Crippen LogP contribution in [0.4, 0.5) is 11.4 Å². The van der Waals surface area contributed by atoms with Gasteiger partial charge in [0.25, 0.3) is 0 Å². The Labute approximate surface area is 107 Å². The first-order valence-electron chi connectivity index (χ1n) is 6.06. The molecule has 0 aliphatic heterocycles. The molecule has 0 atom stereocenters. The molecule has 1 aromatic rings. The van der Waals surface area contributed by atoms with Crippen molar-refractivity contribution < 1.29 is 5.11 Å². The number of hydrogen-bond donors (Lipinski definition) is 3. The molecular formula is C13H19ClN2O. The summed E-state index contributed by atoms with van der Waals surface area (Å²) in [6.45, 7) is 0.960. The number of nitrogen functional groups attached to an aromatic ring is 1. The molecular weight excluding hydrogens is 236 g/mol. The molecule has 3 nitrogen and oxygen atoms in total. The third-order valence-corrected chi connectivity index (χ3v) is 4.00. The summed E-state index contributed by atoms with van der Waals surface area (Å²) < 4.78 is 0. The predicted octanol–water partition coefficient (Wildman–Crippen LogP) is 2.89. The second kappa shape index (κ2) is 5.15. The van der Waals surface area contributed by atoms with Crippen molar-refractivity contribution in [1.29, 1.82) is 0 Å². The monoisotopic (exact) mass is 254 g/mol. The molecule has 0 unspecified atom stereocenters. The van der Waals surface area contributed by atoms with Crippen molar-refractivity contribution >= 4 is 23.0 Å². The number of rotatable bonds is 4. The fourth-order valence-electron chi connectivity index (χ4n) is 2.52. The van der Waals surface area contributed by atoms with Gasteiger partial charge in [-0.25, -0.2) is 0 Å². The molecule has 1 saturated carbocycles. The van der Waals surface area contributed by atoms with E-state index in [1.54, 1.807) is 0 Å². The van der Waals surface area contributed by atoms with Crippen molar-refractivity contribution in [3.8, 4) is 0 Å². The number of nitrogens with one attached hydrogen (secondary N) is 1. The normalized spacial score (nSPS) is 18.2. The fraction of sp³-hybridized carbons (Fsp3) is 0.538. The van der Waals surface area contributed by atoms with Crippen LogP contribution in [0, 0.1) is 5.41 Å². The molecule has 1 fully saturated rings. The molecule has 0 bridgehead atoms. The van der Waals surface area contributed by atoms with E-state index in [0.717, 1.165) is 25.1 Å². The minimum atomic E-state index is 0.00557. The number of para-hydroxylation sites is 1. The Morgan fingerprint density at radius 1 is 1.35 bits per heavy atom. The standard InChI is InChI=1S/C13H19ClN2O/c14-10-4-3-5-11(15)12(10)16-8-13(9-17)6-1-2-7-13/h3-5,16-17H,1-2,6-9,15H2. The second-order valence-corrected chi connectivity index (χ2v) is 5.33. The van der Waals surface area contributed by atoms with Gasteiger partial charge in [-0.05, 0) is 25.0 Å². The van der Waals surface area contributed by atoms with Gasteiger partial charge in [0.1, 0.15) is 0 Å². The number of aliphatic hydroxyl groups excluding tert-OH is 1.